The highest BCUT2D eigenvalue weighted by atomic mass is 35.5. The normalized spacial score (nSPS) is 10.3. The fraction of sp³-hybridized carbons (Fsp3) is 0.200. The maximum absolute atomic E-state index is 9.19. The second-order valence-corrected chi connectivity index (χ2v) is 4.53. The van der Waals surface area contributed by atoms with E-state index in [0.717, 1.165) is 24.2 Å². The van der Waals surface area contributed by atoms with Crippen molar-refractivity contribution in [1.29, 1.82) is 0 Å². The second-order valence-electron chi connectivity index (χ2n) is 4.16. The summed E-state index contributed by atoms with van der Waals surface area (Å²) in [5.41, 5.74) is 3.47. The van der Waals surface area contributed by atoms with Crippen molar-refractivity contribution >= 4 is 17.3 Å². The first kappa shape index (κ1) is 12.8. The van der Waals surface area contributed by atoms with Crippen LogP contribution in [-0.2, 0) is 13.0 Å². The number of hydrogen-bond acceptors (Lipinski definition) is 2. The highest BCUT2D eigenvalue weighted by molar-refractivity contribution is 6.17. The molecule has 2 rings (SSSR count). The predicted octanol–water partition coefficient (Wildman–Crippen LogP) is 3.79. The predicted molar refractivity (Wildman–Crippen MR) is 76.3 cm³/mol. The topological polar surface area (TPSA) is 32.3 Å². The monoisotopic (exact) mass is 261 g/mol. The fourth-order valence-corrected chi connectivity index (χ4v) is 1.93. The number of benzene rings is 2. The molecule has 0 atom stereocenters. The number of aromatic hydroxyl groups is 1. The molecule has 0 radical (unpaired) electrons. The molecule has 2 aromatic carbocycles. The van der Waals surface area contributed by atoms with Gasteiger partial charge in [-0.3, -0.25) is 0 Å². The number of phenols is 1. The Hall–Kier alpha value is -1.67. The molecule has 0 aromatic heterocycles. The zero-order valence-electron chi connectivity index (χ0n) is 10.1. The van der Waals surface area contributed by atoms with Crippen molar-refractivity contribution in [3.63, 3.8) is 0 Å². The van der Waals surface area contributed by atoms with Gasteiger partial charge < -0.3 is 10.4 Å². The van der Waals surface area contributed by atoms with Gasteiger partial charge in [0.2, 0.25) is 0 Å². The summed E-state index contributed by atoms with van der Waals surface area (Å²) in [6.07, 6.45) is 0.903. The molecule has 2 nitrogen and oxygen atoms in total. The minimum absolute atomic E-state index is 0.296. The third kappa shape index (κ3) is 3.67. The van der Waals surface area contributed by atoms with E-state index < -0.39 is 0 Å². The van der Waals surface area contributed by atoms with Gasteiger partial charge in [-0.25, -0.2) is 0 Å². The van der Waals surface area contributed by atoms with E-state index in [4.69, 9.17) is 11.6 Å². The number of rotatable bonds is 5. The molecule has 0 spiro atoms. The molecule has 2 aromatic rings. The Morgan fingerprint density at radius 2 is 1.50 bits per heavy atom. The van der Waals surface area contributed by atoms with E-state index >= 15 is 0 Å². The zero-order valence-corrected chi connectivity index (χ0v) is 10.8. The van der Waals surface area contributed by atoms with Crippen LogP contribution in [0.3, 0.4) is 0 Å². The lowest BCUT2D eigenvalue weighted by atomic mass is 10.1. The van der Waals surface area contributed by atoms with Crippen LogP contribution in [0, 0.1) is 0 Å². The summed E-state index contributed by atoms with van der Waals surface area (Å²) >= 11 is 5.69. The molecule has 0 aliphatic rings. The summed E-state index contributed by atoms with van der Waals surface area (Å²) in [4.78, 5) is 0. The summed E-state index contributed by atoms with van der Waals surface area (Å²) < 4.78 is 0. The van der Waals surface area contributed by atoms with Gasteiger partial charge in [0.25, 0.3) is 0 Å². The van der Waals surface area contributed by atoms with Crippen LogP contribution >= 0.6 is 11.6 Å². The lowest BCUT2D eigenvalue weighted by molar-refractivity contribution is 0.475. The Kier molecular flexibility index (Phi) is 4.48. The second kappa shape index (κ2) is 6.31. The lowest BCUT2D eigenvalue weighted by Gasteiger charge is -2.07. The summed E-state index contributed by atoms with van der Waals surface area (Å²) in [6.45, 7) is 0.745. The Morgan fingerprint density at radius 1 is 0.889 bits per heavy atom. The number of anilines is 1. The van der Waals surface area contributed by atoms with Gasteiger partial charge in [-0.2, -0.15) is 0 Å². The van der Waals surface area contributed by atoms with Crippen molar-refractivity contribution in [2.45, 2.75) is 13.0 Å². The van der Waals surface area contributed by atoms with Crippen LogP contribution in [0.15, 0.2) is 48.5 Å². The highest BCUT2D eigenvalue weighted by Crippen LogP contribution is 2.14. The van der Waals surface area contributed by atoms with Crippen molar-refractivity contribution in [2.75, 3.05) is 11.2 Å². The molecule has 94 valence electrons. The third-order valence-corrected chi connectivity index (χ3v) is 2.96. The summed E-state index contributed by atoms with van der Waals surface area (Å²) in [5.74, 6) is 0.949. The summed E-state index contributed by atoms with van der Waals surface area (Å²) in [7, 11) is 0. The number of phenolic OH excluding ortho intramolecular Hbond substituents is 1. The smallest absolute Gasteiger partial charge is 0.115 e. The van der Waals surface area contributed by atoms with E-state index in [0.29, 0.717) is 11.6 Å². The molecule has 18 heavy (non-hydrogen) atoms. The molecular weight excluding hydrogens is 246 g/mol. The number of aryl methyl sites for hydroxylation is 1. The summed E-state index contributed by atoms with van der Waals surface area (Å²) in [5, 5.41) is 12.5. The van der Waals surface area contributed by atoms with Gasteiger partial charge >= 0.3 is 0 Å². The van der Waals surface area contributed by atoms with Crippen molar-refractivity contribution in [2.24, 2.45) is 0 Å². The van der Waals surface area contributed by atoms with Crippen molar-refractivity contribution in [1.82, 2.24) is 0 Å². The molecule has 2 N–H and O–H groups in total. The highest BCUT2D eigenvalue weighted by Gasteiger charge is 1.96. The van der Waals surface area contributed by atoms with Gasteiger partial charge in [0.15, 0.2) is 0 Å². The Bertz CT molecular complexity index is 479. The lowest BCUT2D eigenvalue weighted by Crippen LogP contribution is -1.99. The minimum atomic E-state index is 0.296. The van der Waals surface area contributed by atoms with E-state index in [1.54, 1.807) is 12.1 Å². The van der Waals surface area contributed by atoms with Crippen LogP contribution in [0.4, 0.5) is 5.69 Å². The van der Waals surface area contributed by atoms with Crippen LogP contribution in [0.25, 0.3) is 0 Å². The molecule has 0 saturated carbocycles. The average Bonchev–Trinajstić information content (AvgIpc) is 2.40. The zero-order chi connectivity index (χ0) is 12.8. The van der Waals surface area contributed by atoms with E-state index in [1.165, 1.54) is 5.56 Å². The first-order valence-electron chi connectivity index (χ1n) is 5.94. The van der Waals surface area contributed by atoms with Crippen LogP contribution in [-0.4, -0.2) is 11.0 Å². The van der Waals surface area contributed by atoms with Gasteiger partial charge in [0, 0.05) is 18.1 Å². The van der Waals surface area contributed by atoms with Gasteiger partial charge in [-0.1, -0.05) is 24.3 Å². The van der Waals surface area contributed by atoms with E-state index in [2.05, 4.69) is 29.6 Å². The van der Waals surface area contributed by atoms with Crippen molar-refractivity contribution < 1.29 is 5.11 Å². The molecule has 0 aliphatic carbocycles. The Balaban J connectivity index is 1.91. The quantitative estimate of drug-likeness (QED) is 0.803. The van der Waals surface area contributed by atoms with Crippen LogP contribution < -0.4 is 5.32 Å². The number of alkyl halides is 1. The maximum Gasteiger partial charge on any atom is 0.115 e. The first-order chi connectivity index (χ1) is 8.78. The number of halogens is 1. The van der Waals surface area contributed by atoms with Crippen LogP contribution in [0.2, 0.25) is 0 Å². The SMILES string of the molecule is Oc1ccc(CNc2ccc(CCCl)cc2)cc1. The van der Waals surface area contributed by atoms with Gasteiger partial charge in [0.05, 0.1) is 0 Å². The molecule has 0 saturated heterocycles. The standard InChI is InChI=1S/C15H16ClNO/c16-10-9-12-1-5-14(6-2-12)17-11-13-3-7-15(18)8-4-13/h1-8,17-18H,9-11H2. The van der Waals surface area contributed by atoms with Crippen LogP contribution in [0.5, 0.6) is 5.75 Å². The van der Waals surface area contributed by atoms with Gasteiger partial charge in [-0.15, -0.1) is 11.6 Å². The number of nitrogens with one attached hydrogen (secondary N) is 1. The average molecular weight is 262 g/mol. The molecular formula is C15H16ClNO. The van der Waals surface area contributed by atoms with E-state index in [9.17, 15) is 5.11 Å². The Morgan fingerprint density at radius 3 is 2.11 bits per heavy atom. The molecule has 0 amide bonds. The van der Waals surface area contributed by atoms with Gasteiger partial charge in [0.1, 0.15) is 5.75 Å². The van der Waals surface area contributed by atoms with Crippen LogP contribution in [0.1, 0.15) is 11.1 Å². The first-order valence-corrected chi connectivity index (χ1v) is 6.48. The third-order valence-electron chi connectivity index (χ3n) is 2.77. The molecule has 0 unspecified atom stereocenters. The molecule has 3 heteroatoms. The molecule has 0 aliphatic heterocycles. The van der Waals surface area contributed by atoms with E-state index in [1.807, 2.05) is 12.1 Å². The van der Waals surface area contributed by atoms with Crippen molar-refractivity contribution in [3.05, 3.63) is 59.7 Å². The molecule has 0 fully saturated rings. The fourth-order valence-electron chi connectivity index (χ4n) is 1.72. The van der Waals surface area contributed by atoms with E-state index in [-0.39, 0.29) is 0 Å². The molecule has 0 bridgehead atoms. The maximum atomic E-state index is 9.19. The Labute approximate surface area is 112 Å². The largest absolute Gasteiger partial charge is 0.508 e. The number of hydrogen-bond donors (Lipinski definition) is 2. The van der Waals surface area contributed by atoms with Crippen molar-refractivity contribution in [3.8, 4) is 5.75 Å². The summed E-state index contributed by atoms with van der Waals surface area (Å²) in [6, 6.07) is 15.5. The molecule has 0 heterocycles. The van der Waals surface area contributed by atoms with Gasteiger partial charge in [-0.05, 0) is 41.8 Å². The minimum Gasteiger partial charge on any atom is -0.508 e.